The Hall–Kier alpha value is -1.10. The number of rotatable bonds is 5. The van der Waals surface area contributed by atoms with Crippen LogP contribution in [0.1, 0.15) is 20.3 Å². The average Bonchev–Trinajstić information content (AvgIpc) is 2.56. The molecule has 0 aliphatic carbocycles. The van der Waals surface area contributed by atoms with Crippen LogP contribution in [0.2, 0.25) is 0 Å². The van der Waals surface area contributed by atoms with E-state index in [1.807, 2.05) is 7.05 Å². The fourth-order valence-electron chi connectivity index (χ4n) is 1.72. The number of nitrogens with two attached hydrogens (primary N) is 1. The summed E-state index contributed by atoms with van der Waals surface area (Å²) in [5.74, 6) is -0.620. The second-order valence-electron chi connectivity index (χ2n) is 4.72. The number of hydrogen-bond donors (Lipinski definition) is 1. The normalized spacial score (nSPS) is 21.2. The van der Waals surface area contributed by atoms with Gasteiger partial charge in [0.25, 0.3) is 0 Å². The van der Waals surface area contributed by atoms with Crippen LogP contribution in [-0.2, 0) is 9.59 Å². The number of carbonyl (C=O) groups is 2. The Morgan fingerprint density at radius 1 is 1.62 bits per heavy atom. The minimum Gasteiger partial charge on any atom is -0.369 e. The standard InChI is InChI=1S/C11H21N3O2/c1-8(2)13(3)4-5-14-7-9(11(12)16)6-10(14)15/h8-9H,4-7H2,1-3H3,(H2,12,16). The van der Waals surface area contributed by atoms with E-state index in [9.17, 15) is 9.59 Å². The fraction of sp³-hybridized carbons (Fsp3) is 0.818. The highest BCUT2D eigenvalue weighted by Gasteiger charge is 2.32. The van der Waals surface area contributed by atoms with Gasteiger partial charge in [-0.15, -0.1) is 0 Å². The van der Waals surface area contributed by atoms with Crippen molar-refractivity contribution in [1.82, 2.24) is 9.80 Å². The van der Waals surface area contributed by atoms with Gasteiger partial charge in [0.05, 0.1) is 5.92 Å². The molecule has 1 fully saturated rings. The predicted molar refractivity (Wildman–Crippen MR) is 61.6 cm³/mol. The maximum Gasteiger partial charge on any atom is 0.223 e. The molecule has 16 heavy (non-hydrogen) atoms. The van der Waals surface area contributed by atoms with Gasteiger partial charge in [-0.2, -0.15) is 0 Å². The van der Waals surface area contributed by atoms with Crippen molar-refractivity contribution in [2.45, 2.75) is 26.3 Å². The van der Waals surface area contributed by atoms with Gasteiger partial charge in [-0.25, -0.2) is 0 Å². The highest BCUT2D eigenvalue weighted by Crippen LogP contribution is 2.16. The lowest BCUT2D eigenvalue weighted by Gasteiger charge is -2.24. The molecule has 0 aromatic carbocycles. The van der Waals surface area contributed by atoms with Gasteiger partial charge in [0.15, 0.2) is 0 Å². The Labute approximate surface area is 96.6 Å². The van der Waals surface area contributed by atoms with Crippen LogP contribution in [0.4, 0.5) is 0 Å². The zero-order valence-electron chi connectivity index (χ0n) is 10.3. The van der Waals surface area contributed by atoms with E-state index in [1.54, 1.807) is 4.90 Å². The van der Waals surface area contributed by atoms with Crippen LogP contribution in [0.5, 0.6) is 0 Å². The molecule has 0 bridgehead atoms. The van der Waals surface area contributed by atoms with Crippen LogP contribution < -0.4 is 5.73 Å². The van der Waals surface area contributed by atoms with Gasteiger partial charge in [0.2, 0.25) is 11.8 Å². The van der Waals surface area contributed by atoms with Crippen LogP contribution in [0, 0.1) is 5.92 Å². The third kappa shape index (κ3) is 3.20. The van der Waals surface area contributed by atoms with Crippen LogP contribution in [-0.4, -0.2) is 54.3 Å². The quantitative estimate of drug-likeness (QED) is 0.699. The molecule has 2 amide bonds. The predicted octanol–water partition coefficient (Wildman–Crippen LogP) is -0.340. The van der Waals surface area contributed by atoms with E-state index in [1.165, 1.54) is 0 Å². The van der Waals surface area contributed by atoms with Crippen molar-refractivity contribution in [1.29, 1.82) is 0 Å². The number of likely N-dealkylation sites (N-methyl/N-ethyl adjacent to an activating group) is 1. The summed E-state index contributed by atoms with van der Waals surface area (Å²) in [5.41, 5.74) is 5.20. The van der Waals surface area contributed by atoms with Gasteiger partial charge in [-0.3, -0.25) is 9.59 Å². The van der Waals surface area contributed by atoms with E-state index in [0.717, 1.165) is 6.54 Å². The van der Waals surface area contributed by atoms with Crippen LogP contribution in [0.3, 0.4) is 0 Å². The molecule has 1 aliphatic heterocycles. The molecule has 5 heteroatoms. The van der Waals surface area contributed by atoms with E-state index in [0.29, 0.717) is 19.1 Å². The number of primary amides is 1. The SMILES string of the molecule is CC(C)N(C)CCN1CC(C(N)=O)CC1=O. The minimum absolute atomic E-state index is 0.0426. The first-order valence-electron chi connectivity index (χ1n) is 5.69. The molecule has 0 aromatic rings. The number of amides is 2. The Morgan fingerprint density at radius 3 is 2.69 bits per heavy atom. The third-order valence-corrected chi connectivity index (χ3v) is 3.22. The number of likely N-dealkylation sites (tertiary alicyclic amines) is 1. The molecular weight excluding hydrogens is 206 g/mol. The summed E-state index contributed by atoms with van der Waals surface area (Å²) in [6.07, 6.45) is 0.278. The first kappa shape index (κ1) is 13.0. The lowest BCUT2D eigenvalue weighted by Crippen LogP contribution is -2.37. The molecule has 1 heterocycles. The van der Waals surface area contributed by atoms with Crippen molar-refractivity contribution >= 4 is 11.8 Å². The summed E-state index contributed by atoms with van der Waals surface area (Å²) in [5, 5.41) is 0. The highest BCUT2D eigenvalue weighted by molar-refractivity contribution is 5.88. The Kier molecular flexibility index (Phi) is 4.29. The third-order valence-electron chi connectivity index (χ3n) is 3.22. The topological polar surface area (TPSA) is 66.6 Å². The van der Waals surface area contributed by atoms with Crippen molar-refractivity contribution < 1.29 is 9.59 Å². The van der Waals surface area contributed by atoms with Gasteiger partial charge in [0, 0.05) is 32.1 Å². The van der Waals surface area contributed by atoms with Gasteiger partial charge in [-0.05, 0) is 20.9 Å². The first-order valence-corrected chi connectivity index (χ1v) is 5.69. The monoisotopic (exact) mass is 227 g/mol. The van der Waals surface area contributed by atoms with Gasteiger partial charge < -0.3 is 15.5 Å². The zero-order chi connectivity index (χ0) is 12.3. The molecule has 1 saturated heterocycles. The molecule has 92 valence electrons. The second-order valence-corrected chi connectivity index (χ2v) is 4.72. The van der Waals surface area contributed by atoms with Crippen molar-refractivity contribution in [3.05, 3.63) is 0 Å². The second kappa shape index (κ2) is 5.30. The summed E-state index contributed by atoms with van der Waals surface area (Å²) in [4.78, 5) is 26.4. The van der Waals surface area contributed by atoms with E-state index >= 15 is 0 Å². The summed E-state index contributed by atoms with van der Waals surface area (Å²) in [6.45, 7) is 6.21. The number of carbonyl (C=O) groups excluding carboxylic acids is 2. The van der Waals surface area contributed by atoms with Crippen LogP contribution in [0.25, 0.3) is 0 Å². The van der Waals surface area contributed by atoms with Crippen LogP contribution in [0.15, 0.2) is 0 Å². The Balaban J connectivity index is 2.39. The van der Waals surface area contributed by atoms with Crippen molar-refractivity contribution in [3.8, 4) is 0 Å². The molecular formula is C11H21N3O2. The molecule has 0 saturated carbocycles. The summed E-state index contributed by atoms with van der Waals surface area (Å²) in [7, 11) is 2.02. The largest absolute Gasteiger partial charge is 0.369 e. The Morgan fingerprint density at radius 2 is 2.25 bits per heavy atom. The zero-order valence-corrected chi connectivity index (χ0v) is 10.3. The Bertz CT molecular complexity index is 278. The maximum atomic E-state index is 11.6. The van der Waals surface area contributed by atoms with Gasteiger partial charge in [-0.1, -0.05) is 0 Å². The molecule has 1 unspecified atom stereocenters. The lowest BCUT2D eigenvalue weighted by atomic mass is 10.1. The maximum absolute atomic E-state index is 11.6. The van der Waals surface area contributed by atoms with E-state index in [2.05, 4.69) is 18.7 Å². The van der Waals surface area contributed by atoms with Crippen LogP contribution >= 0.6 is 0 Å². The van der Waals surface area contributed by atoms with Gasteiger partial charge in [0.1, 0.15) is 0 Å². The molecule has 1 rings (SSSR count). The first-order chi connectivity index (χ1) is 7.41. The van der Waals surface area contributed by atoms with Crippen molar-refractivity contribution in [2.24, 2.45) is 11.7 Å². The summed E-state index contributed by atoms with van der Waals surface area (Å²) >= 11 is 0. The minimum atomic E-state index is -0.368. The molecule has 2 N–H and O–H groups in total. The molecule has 0 aromatic heterocycles. The molecule has 1 atom stereocenters. The molecule has 5 nitrogen and oxygen atoms in total. The van der Waals surface area contributed by atoms with Crippen molar-refractivity contribution in [3.63, 3.8) is 0 Å². The number of hydrogen-bond acceptors (Lipinski definition) is 3. The van der Waals surface area contributed by atoms with E-state index < -0.39 is 0 Å². The molecule has 0 spiro atoms. The molecule has 0 radical (unpaired) electrons. The smallest absolute Gasteiger partial charge is 0.223 e. The number of nitrogens with zero attached hydrogens (tertiary/aromatic N) is 2. The molecule has 1 aliphatic rings. The highest BCUT2D eigenvalue weighted by atomic mass is 16.2. The van der Waals surface area contributed by atoms with E-state index in [-0.39, 0.29) is 24.2 Å². The lowest BCUT2D eigenvalue weighted by molar-refractivity contribution is -0.128. The summed E-state index contributed by atoms with van der Waals surface area (Å²) in [6, 6.07) is 0.463. The summed E-state index contributed by atoms with van der Waals surface area (Å²) < 4.78 is 0. The fourth-order valence-corrected chi connectivity index (χ4v) is 1.72. The van der Waals surface area contributed by atoms with E-state index in [4.69, 9.17) is 5.73 Å². The average molecular weight is 227 g/mol. The van der Waals surface area contributed by atoms with Crippen molar-refractivity contribution in [2.75, 3.05) is 26.7 Å². The van der Waals surface area contributed by atoms with Gasteiger partial charge >= 0.3 is 0 Å².